The molecule has 0 bridgehead atoms. The molecule has 2 N–H and O–H groups in total. The van der Waals surface area contributed by atoms with Crippen LogP contribution in [0.3, 0.4) is 0 Å². The van der Waals surface area contributed by atoms with E-state index in [0.29, 0.717) is 22.9 Å². The van der Waals surface area contributed by atoms with Crippen LogP contribution >= 0.6 is 11.6 Å². The van der Waals surface area contributed by atoms with Crippen molar-refractivity contribution < 1.29 is 9.53 Å². The lowest BCUT2D eigenvalue weighted by atomic mass is 10.00. The van der Waals surface area contributed by atoms with E-state index >= 15 is 0 Å². The van der Waals surface area contributed by atoms with Crippen molar-refractivity contribution in [2.24, 2.45) is 0 Å². The van der Waals surface area contributed by atoms with Crippen LogP contribution in [-0.2, 0) is 12.8 Å². The zero-order valence-electron chi connectivity index (χ0n) is 10.9. The van der Waals surface area contributed by atoms with Gasteiger partial charge in [-0.15, -0.1) is 0 Å². The van der Waals surface area contributed by atoms with E-state index in [1.165, 1.54) is 0 Å². The molecule has 2 aromatic rings. The van der Waals surface area contributed by atoms with Crippen molar-refractivity contribution in [3.05, 3.63) is 58.1 Å². The van der Waals surface area contributed by atoms with E-state index in [4.69, 9.17) is 22.1 Å². The molecule has 4 heteroatoms. The summed E-state index contributed by atoms with van der Waals surface area (Å²) in [5.74, 6) is 0.850. The molecule has 0 aliphatic carbocycles. The normalized spacial score (nSPS) is 12.8. The van der Waals surface area contributed by atoms with Crippen molar-refractivity contribution in [1.29, 1.82) is 0 Å². The smallest absolute Gasteiger partial charge is 0.167 e. The summed E-state index contributed by atoms with van der Waals surface area (Å²) in [7, 11) is 0. The Morgan fingerprint density at radius 2 is 2.00 bits per heavy atom. The maximum atomic E-state index is 12.3. The highest BCUT2D eigenvalue weighted by molar-refractivity contribution is 6.30. The summed E-state index contributed by atoms with van der Waals surface area (Å²) in [5, 5.41) is 0.648. The Hall–Kier alpha value is -2.00. The van der Waals surface area contributed by atoms with Crippen LogP contribution in [0.2, 0.25) is 5.02 Å². The molecule has 0 saturated heterocycles. The first-order valence-corrected chi connectivity index (χ1v) is 6.84. The number of carbonyl (C=O) groups excluding carboxylic acids is 1. The maximum absolute atomic E-state index is 12.3. The molecule has 1 aliphatic rings. The molecular weight excluding hydrogens is 274 g/mol. The van der Waals surface area contributed by atoms with Crippen molar-refractivity contribution in [3.8, 4) is 5.75 Å². The third-order valence-electron chi connectivity index (χ3n) is 3.41. The van der Waals surface area contributed by atoms with Gasteiger partial charge in [0.05, 0.1) is 6.61 Å². The van der Waals surface area contributed by atoms with Crippen molar-refractivity contribution in [3.63, 3.8) is 0 Å². The van der Waals surface area contributed by atoms with Gasteiger partial charge in [0, 0.05) is 34.7 Å². The Labute approximate surface area is 122 Å². The minimum atomic E-state index is 0.0324. The van der Waals surface area contributed by atoms with Crippen LogP contribution in [0.4, 0.5) is 5.69 Å². The maximum Gasteiger partial charge on any atom is 0.167 e. The summed E-state index contributed by atoms with van der Waals surface area (Å²) in [6.45, 7) is 0.652. The fourth-order valence-electron chi connectivity index (χ4n) is 2.42. The molecule has 0 saturated carbocycles. The zero-order valence-corrected chi connectivity index (χ0v) is 11.6. The molecule has 1 aliphatic heterocycles. The summed E-state index contributed by atoms with van der Waals surface area (Å²) in [6, 6.07) is 10.6. The fourth-order valence-corrected chi connectivity index (χ4v) is 2.68. The molecule has 20 heavy (non-hydrogen) atoms. The number of carbonyl (C=O) groups is 1. The zero-order chi connectivity index (χ0) is 14.1. The number of nitrogens with two attached hydrogens (primary N) is 1. The second-order valence-corrected chi connectivity index (χ2v) is 5.31. The van der Waals surface area contributed by atoms with Gasteiger partial charge in [-0.3, -0.25) is 4.79 Å². The van der Waals surface area contributed by atoms with E-state index in [0.717, 1.165) is 23.3 Å². The average molecular weight is 288 g/mol. The number of rotatable bonds is 3. The highest BCUT2D eigenvalue weighted by Gasteiger charge is 2.19. The Kier molecular flexibility index (Phi) is 3.36. The molecule has 2 aromatic carbocycles. The second kappa shape index (κ2) is 5.17. The molecule has 102 valence electrons. The monoisotopic (exact) mass is 287 g/mol. The molecule has 0 spiro atoms. The summed E-state index contributed by atoms with van der Waals surface area (Å²) >= 11 is 6.10. The van der Waals surface area contributed by atoms with Crippen LogP contribution in [0.5, 0.6) is 5.75 Å². The molecule has 0 atom stereocenters. The van der Waals surface area contributed by atoms with E-state index in [1.54, 1.807) is 30.3 Å². The number of Topliss-reactive ketones (excluding diaryl/α,β-unsaturated/α-hetero) is 1. The Bertz CT molecular complexity index is 665. The SMILES string of the molecule is Nc1ccc(C(=O)Cc2cc(Cl)cc3c2OCC3)cc1. The van der Waals surface area contributed by atoms with E-state index in [2.05, 4.69) is 0 Å². The predicted molar refractivity (Wildman–Crippen MR) is 79.5 cm³/mol. The van der Waals surface area contributed by atoms with Crippen molar-refractivity contribution in [2.45, 2.75) is 12.8 Å². The minimum absolute atomic E-state index is 0.0324. The molecule has 1 heterocycles. The van der Waals surface area contributed by atoms with Crippen LogP contribution < -0.4 is 10.5 Å². The highest BCUT2D eigenvalue weighted by atomic mass is 35.5. The molecule has 3 nitrogen and oxygen atoms in total. The van der Waals surface area contributed by atoms with Gasteiger partial charge in [-0.1, -0.05) is 11.6 Å². The van der Waals surface area contributed by atoms with Gasteiger partial charge in [0.1, 0.15) is 5.75 Å². The lowest BCUT2D eigenvalue weighted by Crippen LogP contribution is -2.05. The Balaban J connectivity index is 1.88. The number of hydrogen-bond acceptors (Lipinski definition) is 3. The number of ether oxygens (including phenoxy) is 1. The standard InChI is InChI=1S/C16H14ClNO2/c17-13-7-11-5-6-20-16(11)12(8-13)9-15(19)10-1-3-14(18)4-2-10/h1-4,7-8H,5-6,9,18H2. The van der Waals surface area contributed by atoms with Gasteiger partial charge in [-0.25, -0.2) is 0 Å². The third kappa shape index (κ3) is 2.49. The third-order valence-corrected chi connectivity index (χ3v) is 3.63. The first kappa shape index (κ1) is 13.0. The number of hydrogen-bond donors (Lipinski definition) is 1. The van der Waals surface area contributed by atoms with Crippen LogP contribution in [0.15, 0.2) is 36.4 Å². The van der Waals surface area contributed by atoms with Gasteiger partial charge >= 0.3 is 0 Å². The lowest BCUT2D eigenvalue weighted by Gasteiger charge is -2.08. The number of fused-ring (bicyclic) bond motifs is 1. The second-order valence-electron chi connectivity index (χ2n) is 4.87. The first-order chi connectivity index (χ1) is 9.63. The van der Waals surface area contributed by atoms with Crippen molar-refractivity contribution in [2.75, 3.05) is 12.3 Å². The molecular formula is C16H14ClNO2. The largest absolute Gasteiger partial charge is 0.493 e. The van der Waals surface area contributed by atoms with Gasteiger partial charge in [-0.05, 0) is 42.0 Å². The van der Waals surface area contributed by atoms with E-state index < -0.39 is 0 Å². The van der Waals surface area contributed by atoms with Gasteiger partial charge in [0.15, 0.2) is 5.78 Å². The number of ketones is 1. The van der Waals surface area contributed by atoms with Gasteiger partial charge < -0.3 is 10.5 Å². The van der Waals surface area contributed by atoms with Crippen LogP contribution in [0.25, 0.3) is 0 Å². The van der Waals surface area contributed by atoms with Crippen LogP contribution in [0.1, 0.15) is 21.5 Å². The fraction of sp³-hybridized carbons (Fsp3) is 0.188. The quantitative estimate of drug-likeness (QED) is 0.696. The number of anilines is 1. The molecule has 0 radical (unpaired) electrons. The molecule has 0 fully saturated rings. The lowest BCUT2D eigenvalue weighted by molar-refractivity contribution is 0.0992. The van der Waals surface area contributed by atoms with Gasteiger partial charge in [0.25, 0.3) is 0 Å². The summed E-state index contributed by atoms with van der Waals surface area (Å²) in [5.41, 5.74) is 8.85. The van der Waals surface area contributed by atoms with E-state index in [-0.39, 0.29) is 12.2 Å². The van der Waals surface area contributed by atoms with E-state index in [1.807, 2.05) is 6.07 Å². The number of halogens is 1. The first-order valence-electron chi connectivity index (χ1n) is 6.46. The molecule has 0 unspecified atom stereocenters. The topological polar surface area (TPSA) is 52.3 Å². The van der Waals surface area contributed by atoms with Crippen LogP contribution in [-0.4, -0.2) is 12.4 Å². The summed E-state index contributed by atoms with van der Waals surface area (Å²) < 4.78 is 5.61. The minimum Gasteiger partial charge on any atom is -0.493 e. The average Bonchev–Trinajstić information content (AvgIpc) is 2.87. The number of nitrogen functional groups attached to an aromatic ring is 1. The Morgan fingerprint density at radius 3 is 2.75 bits per heavy atom. The highest BCUT2D eigenvalue weighted by Crippen LogP contribution is 2.33. The number of benzene rings is 2. The summed E-state index contributed by atoms with van der Waals surface area (Å²) in [6.07, 6.45) is 1.13. The molecule has 0 amide bonds. The predicted octanol–water partition coefficient (Wildman–Crippen LogP) is 3.28. The molecule has 3 rings (SSSR count). The summed E-state index contributed by atoms with van der Waals surface area (Å²) in [4.78, 5) is 12.3. The van der Waals surface area contributed by atoms with Crippen LogP contribution in [0, 0.1) is 0 Å². The Morgan fingerprint density at radius 1 is 1.25 bits per heavy atom. The van der Waals surface area contributed by atoms with Crippen molar-refractivity contribution in [1.82, 2.24) is 0 Å². The van der Waals surface area contributed by atoms with Gasteiger partial charge in [-0.2, -0.15) is 0 Å². The molecule has 0 aromatic heterocycles. The van der Waals surface area contributed by atoms with Gasteiger partial charge in [0.2, 0.25) is 0 Å². The van der Waals surface area contributed by atoms with Crippen molar-refractivity contribution >= 4 is 23.1 Å². The van der Waals surface area contributed by atoms with E-state index in [9.17, 15) is 4.79 Å².